The van der Waals surface area contributed by atoms with E-state index >= 15 is 0 Å². The Hall–Kier alpha value is -1.78. The molecule has 1 aliphatic heterocycles. The maximum Gasteiger partial charge on any atom is 0.286 e. The maximum absolute atomic E-state index is 12.6. The molecule has 2 N–H and O–H groups in total. The van der Waals surface area contributed by atoms with E-state index in [1.807, 2.05) is 0 Å². The first-order valence-corrected chi connectivity index (χ1v) is 11.4. The average Bonchev–Trinajstić information content (AvgIpc) is 2.97. The SMILES string of the molecule is COc1ccc(CC2SC(=O)NC2=O)cc1CNS(=O)(=O)c1ccc(Cl)cc1Cl. The lowest BCUT2D eigenvalue weighted by Crippen LogP contribution is -2.25. The number of carbonyl (C=O) groups is 2. The van der Waals surface area contributed by atoms with Crippen LogP contribution in [0.25, 0.3) is 0 Å². The Morgan fingerprint density at radius 2 is 1.93 bits per heavy atom. The molecule has 2 aromatic carbocycles. The Morgan fingerprint density at radius 1 is 1.17 bits per heavy atom. The average molecular weight is 475 g/mol. The van der Waals surface area contributed by atoms with Crippen molar-refractivity contribution < 1.29 is 22.7 Å². The van der Waals surface area contributed by atoms with Crippen LogP contribution in [0.2, 0.25) is 10.0 Å². The number of carbonyl (C=O) groups excluding carboxylic acids is 2. The number of amides is 2. The Balaban J connectivity index is 1.79. The van der Waals surface area contributed by atoms with Gasteiger partial charge in [-0.1, -0.05) is 47.1 Å². The number of benzene rings is 2. The summed E-state index contributed by atoms with van der Waals surface area (Å²) in [6.45, 7) is -0.0543. The Labute approximate surface area is 182 Å². The third kappa shape index (κ3) is 5.23. The van der Waals surface area contributed by atoms with E-state index in [-0.39, 0.29) is 27.6 Å². The van der Waals surface area contributed by atoms with Crippen LogP contribution in [0, 0.1) is 0 Å². The number of halogens is 2. The van der Waals surface area contributed by atoms with Gasteiger partial charge in [0.05, 0.1) is 17.4 Å². The van der Waals surface area contributed by atoms with Crippen molar-refractivity contribution in [1.82, 2.24) is 10.0 Å². The fraction of sp³-hybridized carbons (Fsp3) is 0.222. The molecule has 0 radical (unpaired) electrons. The third-order valence-corrected chi connectivity index (χ3v) is 7.27. The van der Waals surface area contributed by atoms with Gasteiger partial charge in [-0.15, -0.1) is 0 Å². The lowest BCUT2D eigenvalue weighted by molar-refractivity contribution is -0.118. The van der Waals surface area contributed by atoms with Crippen molar-refractivity contribution in [2.45, 2.75) is 23.1 Å². The fourth-order valence-electron chi connectivity index (χ4n) is 2.78. The number of methoxy groups -OCH3 is 1. The summed E-state index contributed by atoms with van der Waals surface area (Å²) in [4.78, 5) is 23.0. The zero-order valence-corrected chi connectivity index (χ0v) is 18.2. The molecular formula is C18H16Cl2N2O5S2. The number of imide groups is 1. The Bertz CT molecular complexity index is 1080. The summed E-state index contributed by atoms with van der Waals surface area (Å²) in [5.74, 6) is 0.147. The number of hydrogen-bond donors (Lipinski definition) is 2. The molecule has 1 heterocycles. The molecule has 1 fully saturated rings. The molecule has 1 atom stereocenters. The van der Waals surface area contributed by atoms with E-state index in [4.69, 9.17) is 27.9 Å². The fourth-order valence-corrected chi connectivity index (χ4v) is 5.42. The second kappa shape index (κ2) is 8.93. The molecule has 29 heavy (non-hydrogen) atoms. The van der Waals surface area contributed by atoms with E-state index in [9.17, 15) is 18.0 Å². The number of thioether (sulfide) groups is 1. The molecular weight excluding hydrogens is 459 g/mol. The largest absolute Gasteiger partial charge is 0.496 e. The molecule has 0 bridgehead atoms. The van der Waals surface area contributed by atoms with E-state index < -0.39 is 15.3 Å². The van der Waals surface area contributed by atoms with Gasteiger partial charge in [0.2, 0.25) is 15.9 Å². The van der Waals surface area contributed by atoms with E-state index in [1.165, 1.54) is 25.3 Å². The Kier molecular flexibility index (Phi) is 6.75. The minimum Gasteiger partial charge on any atom is -0.496 e. The van der Waals surface area contributed by atoms with Gasteiger partial charge >= 0.3 is 0 Å². The second-order valence-corrected chi connectivity index (χ2v) is 9.89. The monoisotopic (exact) mass is 474 g/mol. The molecule has 2 aromatic rings. The van der Waals surface area contributed by atoms with Gasteiger partial charge in [-0.25, -0.2) is 13.1 Å². The summed E-state index contributed by atoms with van der Waals surface area (Å²) in [6, 6.07) is 9.31. The Morgan fingerprint density at radius 3 is 2.55 bits per heavy atom. The molecule has 7 nitrogen and oxygen atoms in total. The van der Waals surface area contributed by atoms with Gasteiger partial charge in [0.25, 0.3) is 5.24 Å². The molecule has 0 saturated carbocycles. The molecule has 1 unspecified atom stereocenters. The van der Waals surface area contributed by atoms with Crippen molar-refractivity contribution in [3.63, 3.8) is 0 Å². The molecule has 1 aliphatic rings. The summed E-state index contributed by atoms with van der Waals surface area (Å²) in [5.41, 5.74) is 1.35. The standard InChI is InChI=1S/C18H16Cl2N2O5S2/c1-27-14-4-2-10(7-15-17(23)22-18(24)28-15)6-11(14)9-21-29(25,26)16-5-3-12(19)8-13(16)20/h2-6,8,15,21H,7,9H2,1H3,(H,22,23,24). The van der Waals surface area contributed by atoms with Crippen LogP contribution in [-0.2, 0) is 27.8 Å². The molecule has 0 aromatic heterocycles. The maximum atomic E-state index is 12.6. The van der Waals surface area contributed by atoms with Crippen molar-refractivity contribution in [1.29, 1.82) is 0 Å². The first-order chi connectivity index (χ1) is 13.7. The summed E-state index contributed by atoms with van der Waals surface area (Å²) in [6.07, 6.45) is 0.328. The minimum atomic E-state index is -3.89. The number of sulfonamides is 1. The van der Waals surface area contributed by atoms with Crippen molar-refractivity contribution >= 4 is 56.1 Å². The van der Waals surface area contributed by atoms with Gasteiger partial charge in [-0.3, -0.25) is 14.9 Å². The molecule has 0 aliphatic carbocycles. The predicted octanol–water partition coefficient (Wildman–Crippen LogP) is 3.37. The van der Waals surface area contributed by atoms with Crippen molar-refractivity contribution in [3.05, 3.63) is 57.6 Å². The van der Waals surface area contributed by atoms with Crippen LogP contribution >= 0.6 is 35.0 Å². The second-order valence-electron chi connectivity index (χ2n) is 6.13. The molecule has 2 amide bonds. The van der Waals surface area contributed by atoms with Gasteiger partial charge in [0.15, 0.2) is 0 Å². The van der Waals surface area contributed by atoms with Crippen molar-refractivity contribution in [2.24, 2.45) is 0 Å². The van der Waals surface area contributed by atoms with Gasteiger partial charge in [0.1, 0.15) is 10.6 Å². The highest BCUT2D eigenvalue weighted by Crippen LogP contribution is 2.28. The van der Waals surface area contributed by atoms with E-state index in [0.29, 0.717) is 22.8 Å². The number of nitrogens with one attached hydrogen (secondary N) is 2. The smallest absolute Gasteiger partial charge is 0.286 e. The summed E-state index contributed by atoms with van der Waals surface area (Å²) in [7, 11) is -2.42. The quantitative estimate of drug-likeness (QED) is 0.637. The van der Waals surface area contributed by atoms with Crippen LogP contribution in [-0.4, -0.2) is 31.9 Å². The van der Waals surface area contributed by atoms with Crippen molar-refractivity contribution in [2.75, 3.05) is 7.11 Å². The topological polar surface area (TPSA) is 102 Å². The molecule has 154 valence electrons. The van der Waals surface area contributed by atoms with Crippen LogP contribution < -0.4 is 14.8 Å². The lowest BCUT2D eigenvalue weighted by Gasteiger charge is -2.14. The number of ether oxygens (including phenoxy) is 1. The number of hydrogen-bond acceptors (Lipinski definition) is 6. The summed E-state index contributed by atoms with van der Waals surface area (Å²) in [5, 5.41) is 1.69. The third-order valence-electron chi connectivity index (χ3n) is 4.17. The van der Waals surface area contributed by atoms with Crippen LogP contribution in [0.5, 0.6) is 5.75 Å². The highest BCUT2D eigenvalue weighted by atomic mass is 35.5. The van der Waals surface area contributed by atoms with E-state index in [1.54, 1.807) is 18.2 Å². The minimum absolute atomic E-state index is 0.0136. The molecule has 11 heteroatoms. The van der Waals surface area contributed by atoms with Crippen LogP contribution in [0.4, 0.5) is 4.79 Å². The van der Waals surface area contributed by atoms with Gasteiger partial charge in [-0.2, -0.15) is 0 Å². The first kappa shape index (κ1) is 21.9. The molecule has 1 saturated heterocycles. The normalized spacial score (nSPS) is 16.7. The summed E-state index contributed by atoms with van der Waals surface area (Å²) < 4.78 is 33.0. The van der Waals surface area contributed by atoms with E-state index in [0.717, 1.165) is 17.3 Å². The van der Waals surface area contributed by atoms with Gasteiger partial charge in [-0.05, 0) is 36.2 Å². The first-order valence-electron chi connectivity index (χ1n) is 8.31. The number of rotatable bonds is 7. The highest BCUT2D eigenvalue weighted by Gasteiger charge is 2.31. The zero-order valence-electron chi connectivity index (χ0n) is 15.1. The van der Waals surface area contributed by atoms with Gasteiger partial charge < -0.3 is 4.74 Å². The zero-order chi connectivity index (χ0) is 21.2. The highest BCUT2D eigenvalue weighted by molar-refractivity contribution is 8.15. The summed E-state index contributed by atoms with van der Waals surface area (Å²) >= 11 is 12.8. The van der Waals surface area contributed by atoms with Crippen molar-refractivity contribution in [3.8, 4) is 5.75 Å². The van der Waals surface area contributed by atoms with Gasteiger partial charge in [0, 0.05) is 17.1 Å². The van der Waals surface area contributed by atoms with E-state index in [2.05, 4.69) is 10.0 Å². The van der Waals surface area contributed by atoms with Crippen LogP contribution in [0.1, 0.15) is 11.1 Å². The van der Waals surface area contributed by atoms with Crippen LogP contribution in [0.3, 0.4) is 0 Å². The molecule has 3 rings (SSSR count). The van der Waals surface area contributed by atoms with Crippen LogP contribution in [0.15, 0.2) is 41.3 Å². The molecule has 0 spiro atoms. The lowest BCUT2D eigenvalue weighted by atomic mass is 10.0. The predicted molar refractivity (Wildman–Crippen MR) is 112 cm³/mol.